The molecule has 2 rings (SSSR count). The number of ether oxygens (including phenoxy) is 2. The zero-order valence-corrected chi connectivity index (χ0v) is 11.7. The number of methoxy groups -OCH3 is 1. The van der Waals surface area contributed by atoms with Crippen molar-refractivity contribution in [2.24, 2.45) is 4.99 Å². The van der Waals surface area contributed by atoms with Gasteiger partial charge in [-0.05, 0) is 35.9 Å². The van der Waals surface area contributed by atoms with Gasteiger partial charge in [0.2, 0.25) is 0 Å². The van der Waals surface area contributed by atoms with Crippen molar-refractivity contribution in [1.82, 2.24) is 0 Å². The van der Waals surface area contributed by atoms with Crippen LogP contribution < -0.4 is 9.47 Å². The smallest absolute Gasteiger partial charge is 0.335 e. The highest BCUT2D eigenvalue weighted by Crippen LogP contribution is 2.28. The molecule has 0 unspecified atom stereocenters. The third kappa shape index (κ3) is 4.04. The summed E-state index contributed by atoms with van der Waals surface area (Å²) in [5.41, 5.74) is 1.70. The Labute approximate surface area is 123 Å². The predicted octanol–water partition coefficient (Wildman–Crippen LogP) is 3.54. The minimum absolute atomic E-state index is 0.347. The molecule has 4 heteroatoms. The second kappa shape index (κ2) is 7.05. The Morgan fingerprint density at radius 2 is 1.90 bits per heavy atom. The van der Waals surface area contributed by atoms with Gasteiger partial charge in [0.05, 0.1) is 12.8 Å². The van der Waals surface area contributed by atoms with E-state index in [9.17, 15) is 4.79 Å². The lowest BCUT2D eigenvalue weighted by atomic mass is 10.2. The number of aliphatic imine (C=N–C) groups is 1. The minimum atomic E-state index is -0.529. The van der Waals surface area contributed by atoms with E-state index in [1.165, 1.54) is 7.11 Å². The van der Waals surface area contributed by atoms with Gasteiger partial charge in [-0.2, -0.15) is 0 Å². The van der Waals surface area contributed by atoms with E-state index in [4.69, 9.17) is 9.47 Å². The monoisotopic (exact) mass is 281 g/mol. The molecule has 0 amide bonds. The van der Waals surface area contributed by atoms with Crippen LogP contribution in [-0.4, -0.2) is 19.3 Å². The average Bonchev–Trinajstić information content (AvgIpc) is 2.54. The average molecular weight is 281 g/mol. The molecule has 0 aliphatic rings. The summed E-state index contributed by atoms with van der Waals surface area (Å²) in [6, 6.07) is 14.8. The highest BCUT2D eigenvalue weighted by atomic mass is 16.6. The summed E-state index contributed by atoms with van der Waals surface area (Å²) >= 11 is 0. The van der Waals surface area contributed by atoms with Gasteiger partial charge in [0.15, 0.2) is 11.5 Å². The number of carbonyl (C=O) groups is 1. The van der Waals surface area contributed by atoms with Crippen molar-refractivity contribution >= 4 is 17.9 Å². The zero-order chi connectivity index (χ0) is 15.1. The normalized spacial score (nSPS) is 10.3. The molecule has 0 radical (unpaired) electrons. The van der Waals surface area contributed by atoms with Crippen LogP contribution in [0, 0.1) is 0 Å². The van der Waals surface area contributed by atoms with Gasteiger partial charge in [0, 0.05) is 12.3 Å². The Kier molecular flexibility index (Phi) is 4.88. The second-order valence-corrected chi connectivity index (χ2v) is 4.13. The number of hydrogen-bond donors (Lipinski definition) is 0. The Balaban J connectivity index is 2.20. The van der Waals surface area contributed by atoms with Gasteiger partial charge in [0.25, 0.3) is 0 Å². The standard InChI is InChI=1S/C17H15NO3/c1-3-17(19)21-15-10-9-13(11-16(15)20-2)12-18-14-7-5-4-6-8-14/h3-12H,1H2,2H3. The topological polar surface area (TPSA) is 47.9 Å². The van der Waals surface area contributed by atoms with Crippen molar-refractivity contribution in [2.75, 3.05) is 7.11 Å². The number of esters is 1. The van der Waals surface area contributed by atoms with Crippen LogP contribution in [0.15, 0.2) is 66.2 Å². The number of carbonyl (C=O) groups excluding carboxylic acids is 1. The van der Waals surface area contributed by atoms with Crippen LogP contribution in [0.1, 0.15) is 5.56 Å². The van der Waals surface area contributed by atoms with Crippen LogP contribution in [0.2, 0.25) is 0 Å². The lowest BCUT2D eigenvalue weighted by Gasteiger charge is -2.08. The van der Waals surface area contributed by atoms with Crippen molar-refractivity contribution in [2.45, 2.75) is 0 Å². The van der Waals surface area contributed by atoms with Gasteiger partial charge in [-0.3, -0.25) is 4.99 Å². The van der Waals surface area contributed by atoms with Crippen LogP contribution >= 0.6 is 0 Å². The molecule has 2 aromatic carbocycles. The van der Waals surface area contributed by atoms with E-state index in [0.717, 1.165) is 17.3 Å². The van der Waals surface area contributed by atoms with E-state index in [1.54, 1.807) is 24.4 Å². The van der Waals surface area contributed by atoms with Crippen LogP contribution in [0.5, 0.6) is 11.5 Å². The van der Waals surface area contributed by atoms with Crippen LogP contribution in [0.3, 0.4) is 0 Å². The quantitative estimate of drug-likeness (QED) is 0.364. The van der Waals surface area contributed by atoms with Crippen LogP contribution in [0.25, 0.3) is 0 Å². The van der Waals surface area contributed by atoms with E-state index in [1.807, 2.05) is 30.3 Å². The molecule has 0 aliphatic carbocycles. The fourth-order valence-electron chi connectivity index (χ4n) is 1.66. The molecule has 0 N–H and O–H groups in total. The molecule has 0 aliphatic heterocycles. The summed E-state index contributed by atoms with van der Waals surface area (Å²) in [5, 5.41) is 0. The summed E-state index contributed by atoms with van der Waals surface area (Å²) < 4.78 is 10.3. The number of hydrogen-bond acceptors (Lipinski definition) is 4. The van der Waals surface area contributed by atoms with Gasteiger partial charge >= 0.3 is 5.97 Å². The fraction of sp³-hybridized carbons (Fsp3) is 0.0588. The molecule has 4 nitrogen and oxygen atoms in total. The maximum absolute atomic E-state index is 11.2. The van der Waals surface area contributed by atoms with Gasteiger partial charge < -0.3 is 9.47 Å². The minimum Gasteiger partial charge on any atom is -0.493 e. The Bertz CT molecular complexity index is 663. The fourth-order valence-corrected chi connectivity index (χ4v) is 1.66. The lowest BCUT2D eigenvalue weighted by Crippen LogP contribution is -2.04. The van der Waals surface area contributed by atoms with Crippen LogP contribution in [0.4, 0.5) is 5.69 Å². The second-order valence-electron chi connectivity index (χ2n) is 4.13. The van der Waals surface area contributed by atoms with Gasteiger partial charge in [-0.1, -0.05) is 24.8 Å². The molecule has 0 saturated heterocycles. The molecule has 0 spiro atoms. The zero-order valence-electron chi connectivity index (χ0n) is 11.7. The molecule has 0 heterocycles. The van der Waals surface area contributed by atoms with Crippen molar-refractivity contribution in [3.8, 4) is 11.5 Å². The van der Waals surface area contributed by atoms with Gasteiger partial charge in [-0.25, -0.2) is 4.79 Å². The van der Waals surface area contributed by atoms with Gasteiger partial charge in [-0.15, -0.1) is 0 Å². The van der Waals surface area contributed by atoms with Crippen molar-refractivity contribution < 1.29 is 14.3 Å². The first-order valence-corrected chi connectivity index (χ1v) is 6.34. The summed E-state index contributed by atoms with van der Waals surface area (Å²) in [7, 11) is 1.51. The molecule has 0 fully saturated rings. The van der Waals surface area contributed by atoms with E-state index in [0.29, 0.717) is 11.5 Å². The molecule has 2 aromatic rings. The first kappa shape index (κ1) is 14.5. The first-order chi connectivity index (χ1) is 10.2. The summed E-state index contributed by atoms with van der Waals surface area (Å²) in [4.78, 5) is 15.6. The Morgan fingerprint density at radius 3 is 2.57 bits per heavy atom. The van der Waals surface area contributed by atoms with Crippen molar-refractivity contribution in [3.05, 3.63) is 66.7 Å². The third-order valence-corrected chi connectivity index (χ3v) is 2.68. The molecule has 0 atom stereocenters. The molecular weight excluding hydrogens is 266 g/mol. The van der Waals surface area contributed by atoms with Crippen molar-refractivity contribution in [1.29, 1.82) is 0 Å². The largest absolute Gasteiger partial charge is 0.493 e. The van der Waals surface area contributed by atoms with E-state index in [-0.39, 0.29) is 0 Å². The lowest BCUT2D eigenvalue weighted by molar-refractivity contribution is -0.129. The molecule has 106 valence electrons. The molecule has 0 aromatic heterocycles. The van der Waals surface area contributed by atoms with Crippen LogP contribution in [-0.2, 0) is 4.79 Å². The SMILES string of the molecule is C=CC(=O)Oc1ccc(C=Nc2ccccc2)cc1OC. The Hall–Kier alpha value is -2.88. The number of para-hydroxylation sites is 1. The van der Waals surface area contributed by atoms with E-state index < -0.39 is 5.97 Å². The predicted molar refractivity (Wildman–Crippen MR) is 82.5 cm³/mol. The molecular formula is C17H15NO3. The number of benzene rings is 2. The third-order valence-electron chi connectivity index (χ3n) is 2.68. The summed E-state index contributed by atoms with van der Waals surface area (Å²) in [6.07, 6.45) is 2.82. The van der Waals surface area contributed by atoms with E-state index >= 15 is 0 Å². The van der Waals surface area contributed by atoms with E-state index in [2.05, 4.69) is 11.6 Å². The van der Waals surface area contributed by atoms with Crippen molar-refractivity contribution in [3.63, 3.8) is 0 Å². The summed E-state index contributed by atoms with van der Waals surface area (Å²) in [6.45, 7) is 3.36. The first-order valence-electron chi connectivity index (χ1n) is 6.34. The Morgan fingerprint density at radius 1 is 1.14 bits per heavy atom. The molecule has 0 bridgehead atoms. The highest BCUT2D eigenvalue weighted by Gasteiger charge is 2.08. The number of rotatable bonds is 5. The summed E-state index contributed by atoms with van der Waals surface area (Å²) in [5.74, 6) is 0.278. The highest BCUT2D eigenvalue weighted by molar-refractivity contribution is 5.85. The van der Waals surface area contributed by atoms with Gasteiger partial charge in [0.1, 0.15) is 0 Å². The number of nitrogens with zero attached hydrogens (tertiary/aromatic N) is 1. The molecule has 0 saturated carbocycles. The molecule has 21 heavy (non-hydrogen) atoms. The maximum Gasteiger partial charge on any atom is 0.335 e. The maximum atomic E-state index is 11.2.